The Kier molecular flexibility index (Phi) is 13.9. The van der Waals surface area contributed by atoms with Gasteiger partial charge in [0.15, 0.2) is 0 Å². The lowest BCUT2D eigenvalue weighted by Gasteiger charge is -2.44. The van der Waals surface area contributed by atoms with E-state index in [9.17, 15) is 18.4 Å². The van der Waals surface area contributed by atoms with Crippen molar-refractivity contribution in [2.75, 3.05) is 32.7 Å². The lowest BCUT2D eigenvalue weighted by molar-refractivity contribution is -0.123. The molecule has 2 aromatic rings. The Morgan fingerprint density at radius 1 is 1.02 bits per heavy atom. The first-order chi connectivity index (χ1) is 20.3. The summed E-state index contributed by atoms with van der Waals surface area (Å²) < 4.78 is 24.4. The van der Waals surface area contributed by atoms with Crippen LogP contribution in [0.2, 0.25) is 0 Å². The van der Waals surface area contributed by atoms with Crippen molar-refractivity contribution in [3.8, 4) is 0 Å². The van der Waals surface area contributed by atoms with Crippen LogP contribution in [0.5, 0.6) is 0 Å². The van der Waals surface area contributed by atoms with Gasteiger partial charge in [-0.25, -0.2) is 8.78 Å². The number of halogens is 2. The molecule has 0 spiro atoms. The smallest absolute Gasteiger partial charge is 0.220 e. The molecule has 0 aromatic heterocycles. The summed E-state index contributed by atoms with van der Waals surface area (Å²) in [6, 6.07) is 12.8. The Hall–Kier alpha value is -2.84. The molecule has 3 aliphatic heterocycles. The van der Waals surface area contributed by atoms with Gasteiger partial charge in [0.25, 0.3) is 0 Å². The van der Waals surface area contributed by atoms with Gasteiger partial charge in [0.05, 0.1) is 0 Å². The number of nitrogens with one attached hydrogen (secondary N) is 3. The maximum Gasteiger partial charge on any atom is 0.220 e. The minimum absolute atomic E-state index is 0.215. The van der Waals surface area contributed by atoms with E-state index in [0.29, 0.717) is 18.0 Å². The average molecular weight is 585 g/mol. The summed E-state index contributed by atoms with van der Waals surface area (Å²) in [5.41, 5.74) is 3.65. The molecular weight excluding hydrogens is 534 g/mol. The van der Waals surface area contributed by atoms with Crippen LogP contribution in [0.1, 0.15) is 81.9 Å². The summed E-state index contributed by atoms with van der Waals surface area (Å²) >= 11 is 0. The standard InChI is InChI=1S/C15H22N2O.C12H22N2O.C7H6F2/c1-2-13-5-3-6-14(11-13)15(7-8-15)17-10-4-9-16-12-18;1-2-3-4-12(15)13-11-9-14-7-5-10(11)6-8-14;1-5-2-6(8)4-7(9)3-5/h3,5-6,11-12,17H,2,4,7-10H2,1H3,(H,16,18);10-11H,2-9H2,1H3,(H,13,15);2-4H,1H3. The predicted molar refractivity (Wildman–Crippen MR) is 165 cm³/mol. The number of piperidine rings is 3. The van der Waals surface area contributed by atoms with Crippen LogP contribution in [0.25, 0.3) is 0 Å². The zero-order valence-electron chi connectivity index (χ0n) is 25.7. The lowest BCUT2D eigenvalue weighted by atomic mass is 9.84. The quantitative estimate of drug-likeness (QED) is 0.224. The highest BCUT2D eigenvalue weighted by atomic mass is 19.1. The Bertz CT molecular complexity index is 1070. The van der Waals surface area contributed by atoms with Gasteiger partial charge in [0.1, 0.15) is 11.6 Å². The molecule has 4 aliphatic rings. The molecule has 4 fully saturated rings. The number of benzene rings is 2. The van der Waals surface area contributed by atoms with Crippen LogP contribution in [0, 0.1) is 24.5 Å². The molecule has 6 nitrogen and oxygen atoms in total. The molecule has 1 aliphatic carbocycles. The van der Waals surface area contributed by atoms with E-state index in [0.717, 1.165) is 63.7 Å². The van der Waals surface area contributed by atoms with Crippen molar-refractivity contribution in [3.63, 3.8) is 0 Å². The van der Waals surface area contributed by atoms with Crippen LogP contribution >= 0.6 is 0 Å². The number of fused-ring (bicyclic) bond motifs is 3. The number of rotatable bonds is 12. The van der Waals surface area contributed by atoms with Gasteiger partial charge in [-0.2, -0.15) is 0 Å². The summed E-state index contributed by atoms with van der Waals surface area (Å²) in [5, 5.41) is 9.54. The van der Waals surface area contributed by atoms with Gasteiger partial charge in [-0.15, -0.1) is 0 Å². The predicted octanol–water partition coefficient (Wildman–Crippen LogP) is 5.62. The fourth-order valence-corrected chi connectivity index (χ4v) is 5.80. The summed E-state index contributed by atoms with van der Waals surface area (Å²) in [6.45, 7) is 11.2. The van der Waals surface area contributed by atoms with Crippen molar-refractivity contribution in [2.24, 2.45) is 5.92 Å². The number of carbonyl (C=O) groups is 2. The Morgan fingerprint density at radius 3 is 2.29 bits per heavy atom. The highest BCUT2D eigenvalue weighted by Gasteiger charge is 2.43. The van der Waals surface area contributed by atoms with Crippen LogP contribution in [-0.2, 0) is 21.5 Å². The number of carbonyl (C=O) groups excluding carboxylic acids is 2. The molecule has 3 heterocycles. The molecule has 2 bridgehead atoms. The molecule has 8 heteroatoms. The Labute approximate surface area is 251 Å². The van der Waals surface area contributed by atoms with E-state index in [1.807, 2.05) is 0 Å². The first-order valence-electron chi connectivity index (χ1n) is 15.7. The fraction of sp³-hybridized carbons (Fsp3) is 0.588. The van der Waals surface area contributed by atoms with Crippen LogP contribution in [0.4, 0.5) is 8.78 Å². The van der Waals surface area contributed by atoms with Crippen molar-refractivity contribution < 1.29 is 18.4 Å². The molecule has 3 N–H and O–H groups in total. The number of unbranched alkanes of at least 4 members (excludes halogenated alkanes) is 1. The molecule has 1 atom stereocenters. The maximum atomic E-state index is 12.2. The SMILES string of the molecule is CCCCC(=O)NC1CN2CCC1CC2.CCc1cccc(C2(NCCCNC=O)CC2)c1.Cc1cc(F)cc(F)c1. The fourth-order valence-electron chi connectivity index (χ4n) is 5.80. The molecule has 1 unspecified atom stereocenters. The summed E-state index contributed by atoms with van der Waals surface area (Å²) in [6.07, 6.45) is 10.7. The molecular formula is C34H50F2N4O2. The van der Waals surface area contributed by atoms with Gasteiger partial charge in [-0.05, 0) is 106 Å². The van der Waals surface area contributed by atoms with Gasteiger partial charge in [-0.1, -0.05) is 44.5 Å². The third-order valence-electron chi connectivity index (χ3n) is 8.45. The molecule has 6 rings (SSSR count). The van der Waals surface area contributed by atoms with Gasteiger partial charge < -0.3 is 20.9 Å². The molecule has 232 valence electrons. The topological polar surface area (TPSA) is 73.5 Å². The Balaban J connectivity index is 0.000000182. The molecule has 42 heavy (non-hydrogen) atoms. The Morgan fingerprint density at radius 2 is 1.74 bits per heavy atom. The van der Waals surface area contributed by atoms with E-state index in [4.69, 9.17) is 0 Å². The van der Waals surface area contributed by atoms with Gasteiger partial charge in [0, 0.05) is 37.2 Å². The zero-order valence-corrected chi connectivity index (χ0v) is 25.7. The van der Waals surface area contributed by atoms with Crippen LogP contribution in [0.15, 0.2) is 42.5 Å². The summed E-state index contributed by atoms with van der Waals surface area (Å²) in [5.74, 6) is -0.0313. The second kappa shape index (κ2) is 17.3. The van der Waals surface area contributed by atoms with E-state index in [2.05, 4.69) is 59.0 Å². The van der Waals surface area contributed by atoms with Crippen molar-refractivity contribution in [2.45, 2.75) is 90.1 Å². The van der Waals surface area contributed by atoms with Crippen molar-refractivity contribution >= 4 is 12.3 Å². The minimum atomic E-state index is -0.521. The number of hydrogen-bond donors (Lipinski definition) is 3. The van der Waals surface area contributed by atoms with Gasteiger partial charge in [-0.3, -0.25) is 9.59 Å². The highest BCUT2D eigenvalue weighted by Crippen LogP contribution is 2.45. The highest BCUT2D eigenvalue weighted by molar-refractivity contribution is 5.76. The van der Waals surface area contributed by atoms with E-state index in [-0.39, 0.29) is 11.4 Å². The average Bonchev–Trinajstić information content (AvgIpc) is 3.78. The summed E-state index contributed by atoms with van der Waals surface area (Å²) in [4.78, 5) is 24.2. The molecule has 2 amide bonds. The third kappa shape index (κ3) is 11.1. The van der Waals surface area contributed by atoms with E-state index >= 15 is 0 Å². The second-order valence-corrected chi connectivity index (χ2v) is 11.9. The minimum Gasteiger partial charge on any atom is -0.359 e. The van der Waals surface area contributed by atoms with E-state index in [1.165, 1.54) is 62.0 Å². The number of hydrogen-bond acceptors (Lipinski definition) is 4. The molecule has 3 saturated heterocycles. The van der Waals surface area contributed by atoms with Crippen molar-refractivity contribution in [1.29, 1.82) is 0 Å². The van der Waals surface area contributed by atoms with Gasteiger partial charge in [0.2, 0.25) is 12.3 Å². The largest absolute Gasteiger partial charge is 0.359 e. The van der Waals surface area contributed by atoms with E-state index in [1.54, 1.807) is 6.92 Å². The molecule has 1 saturated carbocycles. The zero-order chi connectivity index (χ0) is 30.4. The van der Waals surface area contributed by atoms with Crippen molar-refractivity contribution in [3.05, 3.63) is 70.8 Å². The first-order valence-corrected chi connectivity index (χ1v) is 15.7. The van der Waals surface area contributed by atoms with Gasteiger partial charge >= 0.3 is 0 Å². The first kappa shape index (κ1) is 33.7. The normalized spacial score (nSPS) is 21.2. The third-order valence-corrected chi connectivity index (χ3v) is 8.45. The molecule has 0 radical (unpaired) electrons. The van der Waals surface area contributed by atoms with Crippen LogP contribution < -0.4 is 16.0 Å². The van der Waals surface area contributed by atoms with Crippen LogP contribution in [0.3, 0.4) is 0 Å². The molecule has 2 aromatic carbocycles. The van der Waals surface area contributed by atoms with E-state index < -0.39 is 11.6 Å². The van der Waals surface area contributed by atoms with Crippen LogP contribution in [-0.4, -0.2) is 56.0 Å². The monoisotopic (exact) mass is 584 g/mol. The number of amides is 2. The maximum absolute atomic E-state index is 12.2. The second-order valence-electron chi connectivity index (χ2n) is 11.9. The van der Waals surface area contributed by atoms with Crippen molar-refractivity contribution in [1.82, 2.24) is 20.9 Å². The number of aryl methyl sites for hydroxylation is 2. The number of nitrogens with zero attached hydrogens (tertiary/aromatic N) is 1. The summed E-state index contributed by atoms with van der Waals surface area (Å²) in [7, 11) is 0. The lowest BCUT2D eigenvalue weighted by Crippen LogP contribution is -2.57.